The maximum Gasteiger partial charge on any atom is 0.446 e. The Bertz CT molecular complexity index is 713. The van der Waals surface area contributed by atoms with E-state index in [0.29, 0.717) is 17.0 Å². The van der Waals surface area contributed by atoms with E-state index in [-0.39, 0.29) is 5.82 Å². The van der Waals surface area contributed by atoms with E-state index in [1.165, 1.54) is 12.5 Å². The van der Waals surface area contributed by atoms with Crippen LogP contribution in [0, 0.1) is 0 Å². The second kappa shape index (κ2) is 5.79. The molecule has 0 radical (unpaired) electrons. The number of ether oxygens (including phenoxy) is 1. The molecule has 0 aliphatic heterocycles. The van der Waals surface area contributed by atoms with Crippen molar-refractivity contribution in [3.8, 4) is 5.75 Å². The number of aromatic nitrogens is 2. The first-order valence-corrected chi connectivity index (χ1v) is 6.19. The maximum absolute atomic E-state index is 12.3. The van der Waals surface area contributed by atoms with E-state index >= 15 is 0 Å². The van der Waals surface area contributed by atoms with Gasteiger partial charge in [-0.2, -0.15) is 0 Å². The number of allylic oxidation sites excluding steroid dienone is 1. The van der Waals surface area contributed by atoms with Crippen LogP contribution in [0.4, 0.5) is 0 Å². The Balaban J connectivity index is 2.46. The summed E-state index contributed by atoms with van der Waals surface area (Å²) in [6.45, 7) is 1.62. The van der Waals surface area contributed by atoms with Crippen LogP contribution in [-0.4, -0.2) is 22.6 Å². The Morgan fingerprint density at radius 3 is 2.60 bits per heavy atom. The molecule has 2 rings (SSSR count). The van der Waals surface area contributed by atoms with E-state index in [9.17, 15) is 9.59 Å². The molecule has 0 aliphatic carbocycles. The molecule has 0 atom stereocenters. The fourth-order valence-corrected chi connectivity index (χ4v) is 1.75. The minimum atomic E-state index is -0.732. The van der Waals surface area contributed by atoms with Gasteiger partial charge < -0.3 is 4.74 Å². The van der Waals surface area contributed by atoms with Crippen molar-refractivity contribution in [2.24, 2.45) is 0 Å². The normalized spacial score (nSPS) is 11.4. The van der Waals surface area contributed by atoms with Crippen LogP contribution in [0.5, 0.6) is 5.75 Å². The van der Waals surface area contributed by atoms with Gasteiger partial charge in [0.15, 0.2) is 0 Å². The highest BCUT2D eigenvalue weighted by molar-refractivity contribution is 7.83. The fraction of sp³-hybridized carbons (Fsp3) is 0.154. The molecule has 1 aromatic carbocycles. The van der Waals surface area contributed by atoms with E-state index in [1.54, 1.807) is 31.2 Å². The molecule has 6 nitrogen and oxygen atoms in total. The van der Waals surface area contributed by atoms with E-state index in [1.807, 2.05) is 0 Å². The number of methoxy groups -OCH3 is 1. The monoisotopic (exact) mass is 292 g/mol. The lowest BCUT2D eigenvalue weighted by Crippen LogP contribution is -2.18. The highest BCUT2D eigenvalue weighted by Gasteiger charge is 2.21. The van der Waals surface area contributed by atoms with Crippen LogP contribution in [0.1, 0.15) is 23.1 Å². The van der Waals surface area contributed by atoms with E-state index in [2.05, 4.69) is 22.3 Å². The number of rotatable bonds is 4. The molecule has 1 aromatic heterocycles. The average Bonchev–Trinajstić information content (AvgIpc) is 2.87. The van der Waals surface area contributed by atoms with Crippen LogP contribution >= 0.6 is 12.6 Å². The summed E-state index contributed by atoms with van der Waals surface area (Å²) in [7, 11) is 1.53. The van der Waals surface area contributed by atoms with Crippen LogP contribution in [0.15, 0.2) is 39.0 Å². The third kappa shape index (κ3) is 2.53. The molecule has 0 saturated carbocycles. The highest BCUT2D eigenvalue weighted by Crippen LogP contribution is 2.15. The van der Waals surface area contributed by atoms with Crippen molar-refractivity contribution in [3.05, 3.63) is 51.6 Å². The quantitative estimate of drug-likeness (QED) is 0.687. The largest absolute Gasteiger partial charge is 0.497 e. The fourth-order valence-electron chi connectivity index (χ4n) is 1.63. The van der Waals surface area contributed by atoms with Crippen molar-refractivity contribution >= 4 is 24.1 Å². The van der Waals surface area contributed by atoms with Crippen molar-refractivity contribution in [2.75, 3.05) is 7.11 Å². The first-order chi connectivity index (χ1) is 9.58. The first-order valence-electron chi connectivity index (χ1n) is 5.67. The molecule has 2 aromatic rings. The number of hydrogen-bond acceptors (Lipinski definition) is 6. The van der Waals surface area contributed by atoms with Crippen molar-refractivity contribution in [1.29, 1.82) is 0 Å². The van der Waals surface area contributed by atoms with Gasteiger partial charge >= 0.3 is 5.76 Å². The van der Waals surface area contributed by atoms with Gasteiger partial charge in [-0.25, -0.2) is 9.36 Å². The van der Waals surface area contributed by atoms with Gasteiger partial charge in [0.1, 0.15) is 5.75 Å². The molecule has 0 spiro atoms. The number of benzene rings is 1. The van der Waals surface area contributed by atoms with Crippen LogP contribution in [-0.2, 0) is 0 Å². The second-order valence-electron chi connectivity index (χ2n) is 3.94. The number of hydrogen-bond donors (Lipinski definition) is 1. The van der Waals surface area contributed by atoms with Crippen molar-refractivity contribution in [2.45, 2.75) is 6.92 Å². The lowest BCUT2D eigenvalue weighted by molar-refractivity contribution is 0.102. The molecule has 1 heterocycles. The Labute approximate surface area is 120 Å². The molecule has 0 amide bonds. The molecule has 7 heteroatoms. The maximum atomic E-state index is 12.3. The van der Waals surface area contributed by atoms with Crippen molar-refractivity contribution in [3.63, 3.8) is 0 Å². The van der Waals surface area contributed by atoms with Crippen LogP contribution in [0.25, 0.3) is 5.70 Å². The number of carbonyl (C=O) groups is 1. The summed E-state index contributed by atoms with van der Waals surface area (Å²) >= 11 is 3.96. The lowest BCUT2D eigenvalue weighted by Gasteiger charge is -2.04. The number of thiol groups is 1. The minimum Gasteiger partial charge on any atom is -0.497 e. The summed E-state index contributed by atoms with van der Waals surface area (Å²) in [5, 5.41) is 4.92. The molecular weight excluding hydrogens is 280 g/mol. The zero-order chi connectivity index (χ0) is 14.7. The van der Waals surface area contributed by atoms with Gasteiger partial charge in [-0.3, -0.25) is 9.32 Å². The Kier molecular flexibility index (Phi) is 4.09. The smallest absolute Gasteiger partial charge is 0.446 e. The molecule has 0 N–H and O–H groups in total. The highest BCUT2D eigenvalue weighted by atomic mass is 32.1. The van der Waals surface area contributed by atoms with Gasteiger partial charge in [-0.1, -0.05) is 5.16 Å². The lowest BCUT2D eigenvalue weighted by atomic mass is 10.1. The Hall–Kier alpha value is -2.28. The molecule has 0 bridgehead atoms. The predicted octanol–water partition coefficient (Wildman–Crippen LogP) is 1.82. The summed E-state index contributed by atoms with van der Waals surface area (Å²) in [5.74, 6) is -0.619. The molecule has 0 saturated heterocycles. The number of nitrogens with zero attached hydrogens (tertiary/aromatic N) is 2. The second-order valence-corrected chi connectivity index (χ2v) is 4.19. The molecular formula is C13H12N2O4S. The van der Waals surface area contributed by atoms with Gasteiger partial charge in [0.2, 0.25) is 11.6 Å². The molecule has 0 unspecified atom stereocenters. The molecule has 0 aliphatic rings. The summed E-state index contributed by atoms with van der Waals surface area (Å²) < 4.78 is 10.6. The predicted molar refractivity (Wildman–Crippen MR) is 76.1 cm³/mol. The first kappa shape index (κ1) is 14.1. The molecule has 20 heavy (non-hydrogen) atoms. The Morgan fingerprint density at radius 2 is 2.05 bits per heavy atom. The summed E-state index contributed by atoms with van der Waals surface area (Å²) in [4.78, 5) is 23.9. The van der Waals surface area contributed by atoms with Crippen LogP contribution in [0.2, 0.25) is 0 Å². The van der Waals surface area contributed by atoms with Crippen molar-refractivity contribution in [1.82, 2.24) is 9.72 Å². The number of ketones is 1. The topological polar surface area (TPSA) is 74.3 Å². The van der Waals surface area contributed by atoms with E-state index < -0.39 is 11.5 Å². The molecule has 104 valence electrons. The number of carbonyl (C=O) groups excluding carboxylic acids is 1. The van der Waals surface area contributed by atoms with Gasteiger partial charge in [-0.15, -0.1) is 12.6 Å². The van der Waals surface area contributed by atoms with Gasteiger partial charge in [0, 0.05) is 11.3 Å². The third-order valence-electron chi connectivity index (χ3n) is 2.70. The average molecular weight is 292 g/mol. The zero-order valence-electron chi connectivity index (χ0n) is 10.9. The standard InChI is InChI=1S/C13H12N2O4S/c1-8(7-20)15-12(14-19-13(15)17)11(16)9-3-5-10(18-2)6-4-9/h3-7,20H,1-2H3/b8-7-. The minimum absolute atomic E-state index is 0.0945. The van der Waals surface area contributed by atoms with E-state index in [4.69, 9.17) is 4.74 Å². The van der Waals surface area contributed by atoms with Gasteiger partial charge in [-0.05, 0) is 36.6 Å². The third-order valence-corrected chi connectivity index (χ3v) is 3.07. The summed E-state index contributed by atoms with van der Waals surface area (Å²) in [6.07, 6.45) is 0. The molecule has 0 fully saturated rings. The van der Waals surface area contributed by atoms with E-state index in [0.717, 1.165) is 4.57 Å². The van der Waals surface area contributed by atoms with Crippen molar-refractivity contribution < 1.29 is 14.1 Å². The zero-order valence-corrected chi connectivity index (χ0v) is 11.8. The van der Waals surface area contributed by atoms with Crippen LogP contribution in [0.3, 0.4) is 0 Å². The van der Waals surface area contributed by atoms with Crippen LogP contribution < -0.4 is 10.5 Å². The summed E-state index contributed by atoms with van der Waals surface area (Å²) in [6, 6.07) is 6.48. The summed E-state index contributed by atoms with van der Waals surface area (Å²) in [5.41, 5.74) is 0.816. The van der Waals surface area contributed by atoms with Gasteiger partial charge in [0.25, 0.3) is 0 Å². The Morgan fingerprint density at radius 1 is 1.40 bits per heavy atom. The SMILES string of the molecule is COc1ccc(C(=O)c2noc(=O)n2/C(C)=C\S)cc1. The van der Waals surface area contributed by atoms with Gasteiger partial charge in [0.05, 0.1) is 7.11 Å².